The van der Waals surface area contributed by atoms with Crippen LogP contribution in [-0.4, -0.2) is 5.88 Å². The van der Waals surface area contributed by atoms with Crippen LogP contribution >= 0.6 is 11.6 Å². The molecule has 2 aromatic rings. The summed E-state index contributed by atoms with van der Waals surface area (Å²) >= 11 is 5.91. The summed E-state index contributed by atoms with van der Waals surface area (Å²) in [6.45, 7) is 0. The Labute approximate surface area is 120 Å². The number of halogens is 4. The smallest absolute Gasteiger partial charge is 0.377 e. The van der Waals surface area contributed by atoms with Crippen LogP contribution in [0, 0.1) is 0 Å². The minimum Gasteiger partial charge on any atom is -0.377 e. The van der Waals surface area contributed by atoms with E-state index in [0.29, 0.717) is 11.6 Å². The lowest BCUT2D eigenvalue weighted by atomic mass is 10.1. The Morgan fingerprint density at radius 2 is 1.55 bits per heavy atom. The number of hydrogen-bond acceptors (Lipinski definition) is 1. The normalized spacial score (nSPS) is 13.0. The molecule has 0 aliphatic carbocycles. The molecule has 2 aromatic carbocycles. The Bertz CT molecular complexity index is 537. The van der Waals surface area contributed by atoms with Gasteiger partial charge in [0.25, 0.3) is 0 Å². The van der Waals surface area contributed by atoms with Crippen molar-refractivity contribution in [3.05, 3.63) is 65.7 Å². The minimum absolute atomic E-state index is 0.144. The molecule has 0 heterocycles. The van der Waals surface area contributed by atoms with E-state index in [4.69, 9.17) is 11.6 Å². The lowest BCUT2D eigenvalue weighted by Gasteiger charge is -2.18. The molecule has 0 aromatic heterocycles. The first-order chi connectivity index (χ1) is 9.50. The predicted octanol–water partition coefficient (Wildman–Crippen LogP) is 5.10. The molecule has 0 bridgehead atoms. The fourth-order valence-electron chi connectivity index (χ4n) is 1.85. The number of hydrogen-bond donors (Lipinski definition) is 1. The summed E-state index contributed by atoms with van der Waals surface area (Å²) in [5.41, 5.74) is 0.931. The van der Waals surface area contributed by atoms with Crippen LogP contribution in [0.15, 0.2) is 54.6 Å². The Balaban J connectivity index is 2.13. The van der Waals surface area contributed by atoms with E-state index in [1.54, 1.807) is 0 Å². The maximum Gasteiger partial charge on any atom is 0.416 e. The van der Waals surface area contributed by atoms with Gasteiger partial charge >= 0.3 is 6.18 Å². The van der Waals surface area contributed by atoms with Gasteiger partial charge in [-0.15, -0.1) is 11.6 Å². The van der Waals surface area contributed by atoms with E-state index in [9.17, 15) is 13.2 Å². The topological polar surface area (TPSA) is 12.0 Å². The highest BCUT2D eigenvalue weighted by atomic mass is 35.5. The first-order valence-electron chi connectivity index (χ1n) is 6.05. The standard InChI is InChI=1S/C15H13ClF3N/c16-10-14(11-4-2-1-3-5-11)20-13-8-6-12(7-9-13)15(17,18)19/h1-9,14,20H,10H2. The third kappa shape index (κ3) is 3.67. The summed E-state index contributed by atoms with van der Waals surface area (Å²) in [6, 6.07) is 14.3. The Kier molecular flexibility index (Phi) is 4.55. The van der Waals surface area contributed by atoms with Gasteiger partial charge in [0.15, 0.2) is 0 Å². The van der Waals surface area contributed by atoms with Gasteiger partial charge in [-0.3, -0.25) is 0 Å². The average Bonchev–Trinajstić information content (AvgIpc) is 2.45. The van der Waals surface area contributed by atoms with Gasteiger partial charge in [-0.05, 0) is 29.8 Å². The van der Waals surface area contributed by atoms with Gasteiger partial charge in [0.1, 0.15) is 0 Å². The van der Waals surface area contributed by atoms with Gasteiger partial charge in [-0.2, -0.15) is 13.2 Å². The second-order valence-corrected chi connectivity index (χ2v) is 4.65. The highest BCUT2D eigenvalue weighted by Gasteiger charge is 2.29. The third-order valence-electron chi connectivity index (χ3n) is 2.91. The van der Waals surface area contributed by atoms with Gasteiger partial charge in [0, 0.05) is 11.6 Å². The lowest BCUT2D eigenvalue weighted by molar-refractivity contribution is -0.137. The van der Waals surface area contributed by atoms with Crippen molar-refractivity contribution in [1.82, 2.24) is 0 Å². The third-order valence-corrected chi connectivity index (χ3v) is 3.22. The second kappa shape index (κ2) is 6.18. The number of anilines is 1. The van der Waals surface area contributed by atoms with Crippen molar-refractivity contribution in [2.75, 3.05) is 11.2 Å². The molecule has 1 unspecified atom stereocenters. The van der Waals surface area contributed by atoms with Crippen LogP contribution < -0.4 is 5.32 Å². The highest BCUT2D eigenvalue weighted by Crippen LogP contribution is 2.30. The molecule has 0 saturated heterocycles. The van der Waals surface area contributed by atoms with E-state index in [1.165, 1.54) is 12.1 Å². The molecule has 2 rings (SSSR count). The van der Waals surface area contributed by atoms with Gasteiger partial charge in [0.05, 0.1) is 11.6 Å². The van der Waals surface area contributed by atoms with Crippen LogP contribution in [0.2, 0.25) is 0 Å². The monoisotopic (exact) mass is 299 g/mol. The lowest BCUT2D eigenvalue weighted by Crippen LogP contribution is -2.12. The van der Waals surface area contributed by atoms with E-state index < -0.39 is 11.7 Å². The van der Waals surface area contributed by atoms with Gasteiger partial charge in [-0.1, -0.05) is 30.3 Å². The molecule has 0 spiro atoms. The van der Waals surface area contributed by atoms with E-state index in [2.05, 4.69) is 5.32 Å². The fraction of sp³-hybridized carbons (Fsp3) is 0.200. The maximum absolute atomic E-state index is 12.5. The first kappa shape index (κ1) is 14.7. The van der Waals surface area contributed by atoms with Crippen molar-refractivity contribution >= 4 is 17.3 Å². The molecule has 0 radical (unpaired) electrons. The van der Waals surface area contributed by atoms with Crippen molar-refractivity contribution < 1.29 is 13.2 Å². The van der Waals surface area contributed by atoms with Crippen LogP contribution in [-0.2, 0) is 6.18 Å². The van der Waals surface area contributed by atoms with E-state index in [1.807, 2.05) is 30.3 Å². The fourth-order valence-corrected chi connectivity index (χ4v) is 2.11. The zero-order valence-electron chi connectivity index (χ0n) is 10.5. The molecule has 1 nitrogen and oxygen atoms in total. The van der Waals surface area contributed by atoms with E-state index in [-0.39, 0.29) is 6.04 Å². The highest BCUT2D eigenvalue weighted by molar-refractivity contribution is 6.18. The molecule has 0 saturated carbocycles. The molecule has 106 valence electrons. The molecule has 1 atom stereocenters. The zero-order valence-corrected chi connectivity index (χ0v) is 11.2. The molecule has 0 amide bonds. The molecule has 20 heavy (non-hydrogen) atoms. The summed E-state index contributed by atoms with van der Waals surface area (Å²) in [5, 5.41) is 3.12. The Morgan fingerprint density at radius 1 is 0.950 bits per heavy atom. The van der Waals surface area contributed by atoms with Crippen molar-refractivity contribution in [3.63, 3.8) is 0 Å². The SMILES string of the molecule is FC(F)(F)c1ccc(NC(CCl)c2ccccc2)cc1. The van der Waals surface area contributed by atoms with Crippen LogP contribution in [0.1, 0.15) is 17.2 Å². The largest absolute Gasteiger partial charge is 0.416 e. The molecule has 0 fully saturated rings. The number of alkyl halides is 4. The van der Waals surface area contributed by atoms with Crippen LogP contribution in [0.5, 0.6) is 0 Å². The van der Waals surface area contributed by atoms with Crippen molar-refractivity contribution in [2.45, 2.75) is 12.2 Å². The number of nitrogens with one attached hydrogen (secondary N) is 1. The summed E-state index contributed by atoms with van der Waals surface area (Å²) in [7, 11) is 0. The van der Waals surface area contributed by atoms with Crippen LogP contribution in [0.25, 0.3) is 0 Å². The van der Waals surface area contributed by atoms with E-state index in [0.717, 1.165) is 17.7 Å². The van der Waals surface area contributed by atoms with E-state index >= 15 is 0 Å². The number of benzene rings is 2. The summed E-state index contributed by atoms with van der Waals surface area (Å²) < 4.78 is 37.4. The van der Waals surface area contributed by atoms with Crippen molar-refractivity contribution in [2.24, 2.45) is 0 Å². The maximum atomic E-state index is 12.5. The summed E-state index contributed by atoms with van der Waals surface area (Å²) in [5.74, 6) is 0.324. The number of rotatable bonds is 4. The summed E-state index contributed by atoms with van der Waals surface area (Å²) in [6.07, 6.45) is -4.32. The quantitative estimate of drug-likeness (QED) is 0.775. The zero-order chi connectivity index (χ0) is 14.6. The van der Waals surface area contributed by atoms with Gasteiger partial charge in [0.2, 0.25) is 0 Å². The molecule has 5 heteroatoms. The molecule has 1 N–H and O–H groups in total. The van der Waals surface area contributed by atoms with Crippen molar-refractivity contribution in [3.8, 4) is 0 Å². The predicted molar refractivity (Wildman–Crippen MR) is 75.0 cm³/mol. The Hall–Kier alpha value is -1.68. The van der Waals surface area contributed by atoms with Crippen LogP contribution in [0.3, 0.4) is 0 Å². The van der Waals surface area contributed by atoms with Gasteiger partial charge < -0.3 is 5.32 Å². The molecule has 0 aliphatic heterocycles. The average molecular weight is 300 g/mol. The van der Waals surface area contributed by atoms with Crippen molar-refractivity contribution in [1.29, 1.82) is 0 Å². The van der Waals surface area contributed by atoms with Gasteiger partial charge in [-0.25, -0.2) is 0 Å². The van der Waals surface area contributed by atoms with Crippen LogP contribution in [0.4, 0.5) is 18.9 Å². The minimum atomic E-state index is -4.32. The molecular formula is C15H13ClF3N. The Morgan fingerprint density at radius 3 is 2.05 bits per heavy atom. The first-order valence-corrected chi connectivity index (χ1v) is 6.59. The molecular weight excluding hydrogens is 287 g/mol. The summed E-state index contributed by atoms with van der Waals surface area (Å²) in [4.78, 5) is 0. The second-order valence-electron chi connectivity index (χ2n) is 4.34. The molecule has 0 aliphatic rings.